The summed E-state index contributed by atoms with van der Waals surface area (Å²) in [4.78, 5) is 0. The molecule has 0 saturated carbocycles. The van der Waals surface area contributed by atoms with Gasteiger partial charge in [-0.15, -0.1) is 0 Å². The lowest BCUT2D eigenvalue weighted by molar-refractivity contribution is 0.120. The molecular formula is C16H19NO2. The Kier molecular flexibility index (Phi) is 3.95. The lowest BCUT2D eigenvalue weighted by atomic mass is 10.1. The summed E-state index contributed by atoms with van der Waals surface area (Å²) in [6.07, 6.45) is 0. The first-order valence-electron chi connectivity index (χ1n) is 6.25. The number of nitrogen functional groups attached to an aromatic ring is 1. The van der Waals surface area contributed by atoms with Gasteiger partial charge in [-0.25, -0.2) is 0 Å². The van der Waals surface area contributed by atoms with Crippen LogP contribution in [0.4, 0.5) is 5.69 Å². The number of hydrogen-bond donors (Lipinski definition) is 1. The van der Waals surface area contributed by atoms with Crippen LogP contribution in [0.25, 0.3) is 0 Å². The van der Waals surface area contributed by atoms with Gasteiger partial charge in [0, 0.05) is 5.69 Å². The molecule has 3 nitrogen and oxygen atoms in total. The van der Waals surface area contributed by atoms with Crippen molar-refractivity contribution in [1.82, 2.24) is 0 Å². The van der Waals surface area contributed by atoms with Crippen LogP contribution >= 0.6 is 0 Å². The zero-order chi connectivity index (χ0) is 13.8. The molecule has 19 heavy (non-hydrogen) atoms. The monoisotopic (exact) mass is 257 g/mol. The summed E-state index contributed by atoms with van der Waals surface area (Å²) in [6.45, 7) is 6.28. The van der Waals surface area contributed by atoms with Crippen LogP contribution in [0.2, 0.25) is 0 Å². The van der Waals surface area contributed by atoms with E-state index in [2.05, 4.69) is 13.8 Å². The Morgan fingerprint density at radius 2 is 1.37 bits per heavy atom. The van der Waals surface area contributed by atoms with E-state index in [1.54, 1.807) is 0 Å². The van der Waals surface area contributed by atoms with Crippen molar-refractivity contribution in [2.24, 2.45) is 0 Å². The maximum absolute atomic E-state index is 5.75. The molecule has 0 aliphatic heterocycles. The first kappa shape index (κ1) is 13.3. The Morgan fingerprint density at radius 1 is 0.789 bits per heavy atom. The highest BCUT2D eigenvalue weighted by atomic mass is 16.7. The summed E-state index contributed by atoms with van der Waals surface area (Å²) in [6, 6.07) is 11.6. The number of hydrogen-bond acceptors (Lipinski definition) is 3. The Morgan fingerprint density at radius 3 is 1.95 bits per heavy atom. The molecule has 0 saturated heterocycles. The second-order valence-corrected chi connectivity index (χ2v) is 4.67. The Bertz CT molecular complexity index is 527. The Labute approximate surface area is 114 Å². The first-order valence-corrected chi connectivity index (χ1v) is 6.25. The molecule has 0 radical (unpaired) electrons. The van der Waals surface area contributed by atoms with E-state index in [-0.39, 0.29) is 6.79 Å². The average molecular weight is 257 g/mol. The Balaban J connectivity index is 1.92. The van der Waals surface area contributed by atoms with E-state index in [1.807, 2.05) is 43.3 Å². The van der Waals surface area contributed by atoms with E-state index in [9.17, 15) is 0 Å². The van der Waals surface area contributed by atoms with Gasteiger partial charge in [-0.1, -0.05) is 6.07 Å². The van der Waals surface area contributed by atoms with E-state index >= 15 is 0 Å². The van der Waals surface area contributed by atoms with Crippen molar-refractivity contribution in [3.8, 4) is 11.5 Å². The third kappa shape index (κ3) is 3.41. The number of benzene rings is 2. The van der Waals surface area contributed by atoms with Crippen LogP contribution in [0, 0.1) is 20.8 Å². The quantitative estimate of drug-likeness (QED) is 0.672. The molecule has 2 N–H and O–H groups in total. The normalized spacial score (nSPS) is 10.3. The van der Waals surface area contributed by atoms with Crippen LogP contribution in [0.15, 0.2) is 36.4 Å². The van der Waals surface area contributed by atoms with Crippen LogP contribution in [-0.2, 0) is 0 Å². The van der Waals surface area contributed by atoms with Gasteiger partial charge in [-0.2, -0.15) is 0 Å². The van der Waals surface area contributed by atoms with Crippen LogP contribution in [0.1, 0.15) is 16.7 Å². The molecule has 0 bridgehead atoms. The molecule has 2 aromatic carbocycles. The van der Waals surface area contributed by atoms with Crippen molar-refractivity contribution < 1.29 is 9.47 Å². The number of ether oxygens (including phenoxy) is 2. The number of aryl methyl sites for hydroxylation is 3. The highest BCUT2D eigenvalue weighted by Gasteiger charge is 2.00. The summed E-state index contributed by atoms with van der Waals surface area (Å²) in [5.74, 6) is 1.57. The molecule has 2 rings (SSSR count). The molecule has 3 heteroatoms. The van der Waals surface area contributed by atoms with Crippen LogP contribution < -0.4 is 15.2 Å². The molecule has 0 spiro atoms. The maximum atomic E-state index is 5.75. The third-order valence-corrected chi connectivity index (χ3v) is 3.17. The SMILES string of the molecule is Cc1ccc(OCOc2ccc(N)c(C)c2)cc1C. The molecule has 0 heterocycles. The van der Waals surface area contributed by atoms with E-state index in [0.29, 0.717) is 0 Å². The van der Waals surface area contributed by atoms with E-state index in [4.69, 9.17) is 15.2 Å². The Hall–Kier alpha value is -2.16. The first-order chi connectivity index (χ1) is 9.06. The summed E-state index contributed by atoms with van der Waals surface area (Å²) in [5.41, 5.74) is 9.98. The van der Waals surface area contributed by atoms with Gasteiger partial charge in [0.1, 0.15) is 11.5 Å². The standard InChI is InChI=1S/C16H19NO2/c1-11-4-5-14(8-12(11)2)18-10-19-15-6-7-16(17)13(3)9-15/h4-9H,10,17H2,1-3H3. The molecule has 100 valence electrons. The summed E-state index contributed by atoms with van der Waals surface area (Å²) >= 11 is 0. The minimum Gasteiger partial charge on any atom is -0.457 e. The molecule has 0 fully saturated rings. The lowest BCUT2D eigenvalue weighted by Gasteiger charge is -2.11. The maximum Gasteiger partial charge on any atom is 0.230 e. The topological polar surface area (TPSA) is 44.5 Å². The van der Waals surface area contributed by atoms with Crippen molar-refractivity contribution >= 4 is 5.69 Å². The van der Waals surface area contributed by atoms with Crippen LogP contribution in [-0.4, -0.2) is 6.79 Å². The van der Waals surface area contributed by atoms with Crippen molar-refractivity contribution in [3.63, 3.8) is 0 Å². The van der Waals surface area contributed by atoms with Gasteiger partial charge < -0.3 is 15.2 Å². The minimum atomic E-state index is 0.186. The molecule has 0 amide bonds. The zero-order valence-corrected chi connectivity index (χ0v) is 11.6. The number of nitrogens with two attached hydrogens (primary N) is 1. The van der Waals surface area contributed by atoms with Gasteiger partial charge in [0.05, 0.1) is 0 Å². The summed E-state index contributed by atoms with van der Waals surface area (Å²) < 4.78 is 11.1. The third-order valence-electron chi connectivity index (χ3n) is 3.17. The van der Waals surface area contributed by atoms with Crippen LogP contribution in [0.3, 0.4) is 0 Å². The molecule has 2 aromatic rings. The lowest BCUT2D eigenvalue weighted by Crippen LogP contribution is -2.06. The molecule has 0 unspecified atom stereocenters. The fourth-order valence-corrected chi connectivity index (χ4v) is 1.71. The predicted molar refractivity (Wildman–Crippen MR) is 77.6 cm³/mol. The largest absolute Gasteiger partial charge is 0.457 e. The smallest absolute Gasteiger partial charge is 0.230 e. The molecule has 0 aliphatic rings. The second kappa shape index (κ2) is 5.65. The van der Waals surface area contributed by atoms with Gasteiger partial charge in [-0.05, 0) is 67.8 Å². The minimum absolute atomic E-state index is 0.186. The van der Waals surface area contributed by atoms with Gasteiger partial charge in [0.2, 0.25) is 6.79 Å². The van der Waals surface area contributed by atoms with Crippen molar-refractivity contribution in [2.45, 2.75) is 20.8 Å². The molecular weight excluding hydrogens is 238 g/mol. The summed E-state index contributed by atoms with van der Waals surface area (Å²) in [5, 5.41) is 0. The van der Waals surface area contributed by atoms with Gasteiger partial charge >= 0.3 is 0 Å². The van der Waals surface area contributed by atoms with Gasteiger partial charge in [0.25, 0.3) is 0 Å². The van der Waals surface area contributed by atoms with Crippen LogP contribution in [0.5, 0.6) is 11.5 Å². The van der Waals surface area contributed by atoms with Crippen molar-refractivity contribution in [3.05, 3.63) is 53.1 Å². The fraction of sp³-hybridized carbons (Fsp3) is 0.250. The summed E-state index contributed by atoms with van der Waals surface area (Å²) in [7, 11) is 0. The molecule has 0 atom stereocenters. The second-order valence-electron chi connectivity index (χ2n) is 4.67. The van der Waals surface area contributed by atoms with Crippen molar-refractivity contribution in [2.75, 3.05) is 12.5 Å². The number of anilines is 1. The van der Waals surface area contributed by atoms with Gasteiger partial charge in [-0.3, -0.25) is 0 Å². The molecule has 0 aromatic heterocycles. The number of rotatable bonds is 4. The highest BCUT2D eigenvalue weighted by molar-refractivity contribution is 5.49. The van der Waals surface area contributed by atoms with E-state index < -0.39 is 0 Å². The van der Waals surface area contributed by atoms with E-state index in [1.165, 1.54) is 11.1 Å². The fourth-order valence-electron chi connectivity index (χ4n) is 1.71. The van der Waals surface area contributed by atoms with Crippen molar-refractivity contribution in [1.29, 1.82) is 0 Å². The average Bonchev–Trinajstić information content (AvgIpc) is 2.38. The zero-order valence-electron chi connectivity index (χ0n) is 11.6. The van der Waals surface area contributed by atoms with E-state index in [0.717, 1.165) is 22.7 Å². The molecule has 0 aliphatic carbocycles. The predicted octanol–water partition coefficient (Wildman–Crippen LogP) is 3.61. The highest BCUT2D eigenvalue weighted by Crippen LogP contribution is 2.20. The van der Waals surface area contributed by atoms with Gasteiger partial charge in [0.15, 0.2) is 0 Å².